The van der Waals surface area contributed by atoms with Crippen molar-refractivity contribution >= 4 is 16.9 Å². The van der Waals surface area contributed by atoms with Crippen LogP contribution in [0.1, 0.15) is 30.2 Å². The molecule has 0 amide bonds. The number of hydrogen-bond acceptors (Lipinski definition) is 5. The number of amidine groups is 1. The molecule has 0 fully saturated rings. The van der Waals surface area contributed by atoms with Crippen LogP contribution in [0.3, 0.4) is 0 Å². The number of ether oxygens (including phenoxy) is 1. The van der Waals surface area contributed by atoms with Gasteiger partial charge in [-0.1, -0.05) is 23.9 Å². The van der Waals surface area contributed by atoms with E-state index in [1.54, 1.807) is 25.4 Å². The summed E-state index contributed by atoms with van der Waals surface area (Å²) in [6.07, 6.45) is 3.08. The van der Waals surface area contributed by atoms with Crippen LogP contribution >= 0.6 is 11.8 Å². The molecule has 24 heavy (non-hydrogen) atoms. The average Bonchev–Trinajstić information content (AvgIpc) is 2.56. The lowest BCUT2D eigenvalue weighted by Crippen LogP contribution is -2.29. The third-order valence-corrected chi connectivity index (χ3v) is 5.01. The second-order valence-electron chi connectivity index (χ2n) is 6.00. The van der Waals surface area contributed by atoms with Crippen molar-refractivity contribution in [3.05, 3.63) is 59.2 Å². The molecule has 1 aromatic heterocycles. The quantitative estimate of drug-likeness (QED) is 0.921. The Morgan fingerprint density at radius 2 is 2.17 bits per heavy atom. The van der Waals surface area contributed by atoms with E-state index in [9.17, 15) is 4.39 Å². The fourth-order valence-electron chi connectivity index (χ4n) is 2.86. The molecule has 3 rings (SSSR count). The van der Waals surface area contributed by atoms with E-state index in [0.29, 0.717) is 17.2 Å². The Hall–Kier alpha value is -2.08. The van der Waals surface area contributed by atoms with Gasteiger partial charge >= 0.3 is 0 Å². The van der Waals surface area contributed by atoms with E-state index in [2.05, 4.69) is 9.98 Å². The summed E-state index contributed by atoms with van der Waals surface area (Å²) in [4.78, 5) is 8.85. The molecule has 0 spiro atoms. The highest BCUT2D eigenvalue weighted by Gasteiger charge is 2.32. The Labute approximate surface area is 145 Å². The number of thioether (sulfide) groups is 1. The third kappa shape index (κ3) is 3.53. The van der Waals surface area contributed by atoms with Gasteiger partial charge in [-0.3, -0.25) is 9.98 Å². The summed E-state index contributed by atoms with van der Waals surface area (Å²) in [5.41, 5.74) is 7.69. The number of pyridine rings is 1. The van der Waals surface area contributed by atoms with Crippen molar-refractivity contribution in [3.63, 3.8) is 0 Å². The summed E-state index contributed by atoms with van der Waals surface area (Å²) in [7, 11) is 1.62. The SMILES string of the molecule is COc1ccnc(Cc2ccc(F)c([C@]3(C)CCSC(N)=N3)c2)c1. The highest BCUT2D eigenvalue weighted by molar-refractivity contribution is 8.13. The molecule has 1 aliphatic rings. The molecule has 1 aromatic carbocycles. The molecule has 4 nitrogen and oxygen atoms in total. The van der Waals surface area contributed by atoms with E-state index in [1.807, 2.05) is 19.1 Å². The maximum atomic E-state index is 14.4. The molecule has 2 N–H and O–H groups in total. The van der Waals surface area contributed by atoms with Crippen molar-refractivity contribution in [1.82, 2.24) is 4.98 Å². The van der Waals surface area contributed by atoms with E-state index in [4.69, 9.17) is 10.5 Å². The fraction of sp³-hybridized carbons (Fsp3) is 0.333. The molecule has 0 bridgehead atoms. The maximum Gasteiger partial charge on any atom is 0.154 e. The topological polar surface area (TPSA) is 60.5 Å². The number of nitrogens with two attached hydrogens (primary N) is 1. The van der Waals surface area contributed by atoms with E-state index in [0.717, 1.165) is 29.2 Å². The molecular weight excluding hydrogens is 325 g/mol. The van der Waals surface area contributed by atoms with Crippen LogP contribution in [-0.2, 0) is 12.0 Å². The highest BCUT2D eigenvalue weighted by atomic mass is 32.2. The number of halogens is 1. The van der Waals surface area contributed by atoms with Gasteiger partial charge in [-0.2, -0.15) is 0 Å². The standard InChI is InChI=1S/C18H20FN3OS/c1-18(6-8-24-17(20)22-18)15-10-12(3-4-16(15)19)9-13-11-14(23-2)5-7-21-13/h3-5,7,10-11H,6,8-9H2,1-2H3,(H2,20,22)/t18-/m0/s1. The minimum absolute atomic E-state index is 0.247. The van der Waals surface area contributed by atoms with Gasteiger partial charge in [-0.15, -0.1) is 0 Å². The summed E-state index contributed by atoms with van der Waals surface area (Å²) in [5, 5.41) is 0.517. The fourth-order valence-corrected chi connectivity index (χ4v) is 3.84. The van der Waals surface area contributed by atoms with Gasteiger partial charge in [-0.25, -0.2) is 4.39 Å². The van der Waals surface area contributed by atoms with E-state index in [1.165, 1.54) is 17.8 Å². The maximum absolute atomic E-state index is 14.4. The zero-order valence-corrected chi connectivity index (χ0v) is 14.6. The molecule has 1 atom stereocenters. The van der Waals surface area contributed by atoms with Crippen LogP contribution in [0.15, 0.2) is 41.5 Å². The Balaban J connectivity index is 1.93. The van der Waals surface area contributed by atoms with Crippen LogP contribution in [0.25, 0.3) is 0 Å². The van der Waals surface area contributed by atoms with Crippen LogP contribution in [0.5, 0.6) is 5.75 Å². The first-order valence-electron chi connectivity index (χ1n) is 7.76. The zero-order valence-electron chi connectivity index (χ0n) is 13.8. The van der Waals surface area contributed by atoms with Gasteiger partial charge in [0.25, 0.3) is 0 Å². The van der Waals surface area contributed by atoms with E-state index >= 15 is 0 Å². The van der Waals surface area contributed by atoms with Crippen molar-refractivity contribution in [2.75, 3.05) is 12.9 Å². The molecule has 126 valence electrons. The highest BCUT2D eigenvalue weighted by Crippen LogP contribution is 2.37. The monoisotopic (exact) mass is 345 g/mol. The van der Waals surface area contributed by atoms with Crippen molar-refractivity contribution < 1.29 is 9.13 Å². The second kappa shape index (κ2) is 6.81. The van der Waals surface area contributed by atoms with Crippen LogP contribution in [0, 0.1) is 5.82 Å². The van der Waals surface area contributed by atoms with Crippen LogP contribution < -0.4 is 10.5 Å². The number of aromatic nitrogens is 1. The summed E-state index contributed by atoms with van der Waals surface area (Å²) < 4.78 is 19.7. The molecule has 0 unspecified atom stereocenters. The minimum atomic E-state index is -0.614. The smallest absolute Gasteiger partial charge is 0.154 e. The Morgan fingerprint density at radius 1 is 1.33 bits per heavy atom. The third-order valence-electron chi connectivity index (χ3n) is 4.22. The Bertz CT molecular complexity index is 781. The van der Waals surface area contributed by atoms with Crippen molar-refractivity contribution in [2.45, 2.75) is 25.3 Å². The Morgan fingerprint density at radius 3 is 2.92 bits per heavy atom. The molecule has 6 heteroatoms. The number of benzene rings is 1. The van der Waals surface area contributed by atoms with Gasteiger partial charge in [-0.05, 0) is 31.0 Å². The van der Waals surface area contributed by atoms with Gasteiger partial charge in [0.05, 0.1) is 12.6 Å². The summed E-state index contributed by atoms with van der Waals surface area (Å²) >= 11 is 1.51. The van der Waals surface area contributed by atoms with Gasteiger partial charge in [0, 0.05) is 35.7 Å². The second-order valence-corrected chi connectivity index (χ2v) is 7.12. The summed E-state index contributed by atoms with van der Waals surface area (Å²) in [6, 6.07) is 8.86. The number of hydrogen-bond donors (Lipinski definition) is 1. The van der Waals surface area contributed by atoms with Crippen molar-refractivity contribution in [2.24, 2.45) is 10.7 Å². The lowest BCUT2D eigenvalue weighted by Gasteiger charge is -2.30. The Kier molecular flexibility index (Phi) is 4.76. The first kappa shape index (κ1) is 16.8. The van der Waals surface area contributed by atoms with Crippen molar-refractivity contribution in [3.8, 4) is 5.75 Å². The molecule has 0 aliphatic carbocycles. The number of aliphatic imine (C=N–C) groups is 1. The van der Waals surface area contributed by atoms with Gasteiger partial charge in [0.2, 0.25) is 0 Å². The number of methoxy groups -OCH3 is 1. The number of rotatable bonds is 4. The summed E-state index contributed by atoms with van der Waals surface area (Å²) in [5.74, 6) is 1.35. The van der Waals surface area contributed by atoms with Crippen LogP contribution in [0.2, 0.25) is 0 Å². The molecule has 0 saturated carbocycles. The van der Waals surface area contributed by atoms with Crippen LogP contribution in [0.4, 0.5) is 4.39 Å². The first-order chi connectivity index (χ1) is 11.5. The zero-order chi connectivity index (χ0) is 17.2. The molecule has 0 saturated heterocycles. The molecular formula is C18H20FN3OS. The van der Waals surface area contributed by atoms with Gasteiger partial charge in [0.1, 0.15) is 11.6 Å². The van der Waals surface area contributed by atoms with Gasteiger partial charge in [0.15, 0.2) is 5.17 Å². The lowest BCUT2D eigenvalue weighted by atomic mass is 9.87. The molecule has 2 heterocycles. The van der Waals surface area contributed by atoms with Crippen molar-refractivity contribution in [1.29, 1.82) is 0 Å². The van der Waals surface area contributed by atoms with Crippen LogP contribution in [-0.4, -0.2) is 23.0 Å². The predicted octanol–water partition coefficient (Wildman–Crippen LogP) is 3.49. The largest absolute Gasteiger partial charge is 0.497 e. The van der Waals surface area contributed by atoms with E-state index < -0.39 is 5.54 Å². The number of nitrogens with zero attached hydrogens (tertiary/aromatic N) is 2. The lowest BCUT2D eigenvalue weighted by molar-refractivity contribution is 0.413. The van der Waals surface area contributed by atoms with E-state index in [-0.39, 0.29) is 5.82 Å². The average molecular weight is 345 g/mol. The predicted molar refractivity (Wildman–Crippen MR) is 96.0 cm³/mol. The molecule has 0 radical (unpaired) electrons. The van der Waals surface area contributed by atoms with Gasteiger partial charge < -0.3 is 10.5 Å². The minimum Gasteiger partial charge on any atom is -0.497 e. The normalized spacial score (nSPS) is 20.5. The summed E-state index contributed by atoms with van der Waals surface area (Å²) in [6.45, 7) is 1.94. The molecule has 2 aromatic rings. The first-order valence-corrected chi connectivity index (χ1v) is 8.75. The molecule has 1 aliphatic heterocycles.